The van der Waals surface area contributed by atoms with Gasteiger partial charge in [0, 0.05) is 12.8 Å². The average Bonchev–Trinajstić information content (AvgIpc) is 3.70. The van der Waals surface area contributed by atoms with Gasteiger partial charge in [-0.25, -0.2) is 4.18 Å². The van der Waals surface area contributed by atoms with Gasteiger partial charge >= 0.3 is 10.4 Å². The molecule has 0 unspecified atom stereocenters. The monoisotopic (exact) mass is 1100 g/mol. The fraction of sp³-hybridized carbons (Fsp3) is 0.940. The minimum absolute atomic E-state index is 0.00122. The summed E-state index contributed by atoms with van der Waals surface area (Å²) in [5.41, 5.74) is -1.15. The number of Topliss-reactive ketones (excluding diaryl/α,β-unsaturated/α-hetero) is 1. The van der Waals surface area contributed by atoms with Gasteiger partial charge in [0.15, 0.2) is 25.2 Å². The first kappa shape index (κ1) is 59.6. The number of ether oxygens (including phenoxy) is 8. The van der Waals surface area contributed by atoms with Crippen LogP contribution in [0.4, 0.5) is 0 Å². The van der Waals surface area contributed by atoms with Crippen molar-refractivity contribution in [2.24, 2.45) is 40.4 Å². The number of carbonyl (C=O) groups excluding carboxylic acids is 1. The van der Waals surface area contributed by atoms with E-state index < -0.39 is 175 Å². The van der Waals surface area contributed by atoms with Crippen LogP contribution in [0.1, 0.15) is 106 Å². The second-order valence-corrected chi connectivity index (χ2v) is 24.9. The zero-order chi connectivity index (χ0) is 55.0. The number of allylic oxidation sites excluding steroid dienone is 2. The Labute approximate surface area is 437 Å². The highest BCUT2D eigenvalue weighted by Crippen LogP contribution is 2.67. The van der Waals surface area contributed by atoms with Gasteiger partial charge < -0.3 is 94.1 Å². The zero-order valence-corrected chi connectivity index (χ0v) is 44.4. The molecule has 4 heterocycles. The molecule has 0 aromatic carbocycles. The first-order valence-corrected chi connectivity index (χ1v) is 27.9. The Hall–Kier alpha value is -1.48. The molecule has 4 aliphatic heterocycles. The number of aliphatic hydroxyl groups is 11. The zero-order valence-electron chi connectivity index (χ0n) is 43.5. The van der Waals surface area contributed by atoms with Crippen molar-refractivity contribution in [1.29, 1.82) is 0 Å². The van der Waals surface area contributed by atoms with Gasteiger partial charge in [-0.15, -0.1) is 0 Å². The molecule has 4 saturated heterocycles. The summed E-state index contributed by atoms with van der Waals surface area (Å²) in [4.78, 5) is 13.1. The van der Waals surface area contributed by atoms with Crippen LogP contribution in [0.2, 0.25) is 0 Å². The van der Waals surface area contributed by atoms with Crippen LogP contribution in [-0.4, -0.2) is 223 Å². The van der Waals surface area contributed by atoms with Gasteiger partial charge in [-0.05, 0) is 106 Å². The Kier molecular flexibility index (Phi) is 18.1. The van der Waals surface area contributed by atoms with Gasteiger partial charge in [-0.3, -0.25) is 9.35 Å². The second kappa shape index (κ2) is 22.8. The molecule has 24 nitrogen and oxygen atoms in total. The molecule has 75 heavy (non-hydrogen) atoms. The van der Waals surface area contributed by atoms with Crippen molar-refractivity contribution in [3.05, 3.63) is 11.6 Å². The Bertz CT molecular complexity index is 2110. The summed E-state index contributed by atoms with van der Waals surface area (Å²) in [6, 6.07) is 0. The lowest BCUT2D eigenvalue weighted by Gasteiger charge is -2.60. The van der Waals surface area contributed by atoms with Crippen molar-refractivity contribution in [2.75, 3.05) is 13.2 Å². The van der Waals surface area contributed by atoms with Crippen LogP contribution in [0, 0.1) is 40.4 Å². The summed E-state index contributed by atoms with van der Waals surface area (Å²) in [6.45, 7) is 11.5. The van der Waals surface area contributed by atoms with Gasteiger partial charge in [-0.2, -0.15) is 8.42 Å². The molecule has 28 atom stereocenters. The maximum atomic E-state index is 13.1. The maximum absolute atomic E-state index is 13.1. The standard InChI is InChI=1S/C50H82O24S/c1-20(2)14-23(52)17-50(7,62)32-9-8-26-25-16-29(28-15-24(74-75(63,64)65)10-12-48(28,5)27(25)11-13-49(26,32)6)69-46-41(61)42(34(54)22(4)68-46)72-47-43(73-44-39(59)37(57)33(53)21(3)67-44)36(56)31(19-66-47)71-45-40(60)38(58)35(55)30(18-51)70-45/h11,20-22,24-26,28-47,51,53-62H,8-10,12-19H2,1-7H3,(H,63,64,65)/t21-,22-,24+,25+,26+,28-,29+,30-,31-,32+,33-,34-,35+,36+,37+,38+,39-,40-,41-,42+,43-,44+,45+,46+,47+,48-,49+,50+/m1/s1. The minimum atomic E-state index is -4.85. The second-order valence-electron chi connectivity index (χ2n) is 23.9. The molecule has 0 amide bonds. The third-order valence-corrected chi connectivity index (χ3v) is 18.7. The van der Waals surface area contributed by atoms with Gasteiger partial charge in [0.25, 0.3) is 0 Å². The topological polar surface area (TPSA) is 377 Å². The summed E-state index contributed by atoms with van der Waals surface area (Å²) in [5, 5.41) is 121. The SMILES string of the molecule is CC(C)CC(=O)C[C@](C)(O)[C@H]1CC[C@H]2[C@@H]3C[C@H](O[C@@H]4O[C@H](C)[C@@H](O)[C@H](O[C@@H]5OC[C@@H](O[C@@H]6O[C@H](CO)[C@H](O)[C@H](O)[C@H]6O)[C@H](O)[C@H]5O[C@@H]5O[C@H](C)[C@@H](O)[C@H](O)[C@H]5O)[C@H]4O)[C@H]4C[C@@H](OS(=O)(=O)O)CC[C@]4(C)C3=CC[C@@]21C. The van der Waals surface area contributed by atoms with Crippen molar-refractivity contribution in [1.82, 2.24) is 0 Å². The molecule has 432 valence electrons. The van der Waals surface area contributed by atoms with Crippen molar-refractivity contribution in [3.8, 4) is 0 Å². The van der Waals surface area contributed by atoms with E-state index in [1.807, 2.05) is 13.8 Å². The molecule has 7 fully saturated rings. The van der Waals surface area contributed by atoms with E-state index in [1.165, 1.54) is 19.4 Å². The van der Waals surface area contributed by atoms with E-state index in [4.69, 9.17) is 42.1 Å². The van der Waals surface area contributed by atoms with E-state index in [1.54, 1.807) is 6.92 Å². The van der Waals surface area contributed by atoms with E-state index in [-0.39, 0.29) is 48.7 Å². The van der Waals surface area contributed by atoms with E-state index >= 15 is 0 Å². The van der Waals surface area contributed by atoms with Crippen LogP contribution < -0.4 is 0 Å². The van der Waals surface area contributed by atoms with Gasteiger partial charge in [0.05, 0.1) is 43.2 Å². The van der Waals surface area contributed by atoms with Gasteiger partial charge in [-0.1, -0.05) is 39.3 Å². The van der Waals surface area contributed by atoms with Crippen LogP contribution in [0.3, 0.4) is 0 Å². The summed E-state index contributed by atoms with van der Waals surface area (Å²) in [7, 11) is -4.85. The molecule has 4 aliphatic carbocycles. The molecular formula is C50H82O24S. The van der Waals surface area contributed by atoms with Gasteiger partial charge in [0.1, 0.15) is 85.1 Å². The molecule has 0 aromatic heterocycles. The Morgan fingerprint density at radius 2 is 1.33 bits per heavy atom. The van der Waals surface area contributed by atoms with Crippen molar-refractivity contribution < 1.29 is 116 Å². The number of aliphatic hydroxyl groups excluding tert-OH is 10. The average molecular weight is 1100 g/mol. The smallest absolute Gasteiger partial charge is 0.394 e. The number of hydrogen-bond donors (Lipinski definition) is 12. The lowest BCUT2D eigenvalue weighted by atomic mass is 9.47. The van der Waals surface area contributed by atoms with E-state index in [0.717, 1.165) is 6.42 Å². The molecule has 0 radical (unpaired) electrons. The first-order chi connectivity index (χ1) is 35.0. The molecule has 25 heteroatoms. The minimum Gasteiger partial charge on any atom is -0.394 e. The molecule has 12 N–H and O–H groups in total. The molecule has 8 rings (SSSR count). The summed E-state index contributed by atoms with van der Waals surface area (Å²) >= 11 is 0. The lowest BCUT2D eigenvalue weighted by Crippen LogP contribution is -2.66. The highest BCUT2D eigenvalue weighted by molar-refractivity contribution is 7.80. The van der Waals surface area contributed by atoms with Crippen molar-refractivity contribution in [3.63, 3.8) is 0 Å². The first-order valence-electron chi connectivity index (χ1n) is 26.5. The Morgan fingerprint density at radius 1 is 0.733 bits per heavy atom. The Balaban J connectivity index is 1.06. The molecule has 0 spiro atoms. The fourth-order valence-electron chi connectivity index (χ4n) is 14.4. The molecule has 0 aromatic rings. The molecular weight excluding hydrogens is 1020 g/mol. The third kappa shape index (κ3) is 11.8. The maximum Gasteiger partial charge on any atom is 0.397 e. The highest BCUT2D eigenvalue weighted by Gasteiger charge is 2.63. The predicted molar refractivity (Wildman–Crippen MR) is 254 cm³/mol. The van der Waals surface area contributed by atoms with E-state index in [2.05, 4.69) is 19.9 Å². The number of rotatable bonds is 16. The molecule has 3 saturated carbocycles. The highest BCUT2D eigenvalue weighted by atomic mass is 32.3. The number of fused-ring (bicyclic) bond motifs is 5. The third-order valence-electron chi connectivity index (χ3n) is 18.2. The lowest BCUT2D eigenvalue weighted by molar-refractivity contribution is -0.390. The quantitative estimate of drug-likeness (QED) is 0.0616. The largest absolute Gasteiger partial charge is 0.397 e. The normalized spacial score (nSPS) is 50.3. The van der Waals surface area contributed by atoms with E-state index in [9.17, 15) is 73.9 Å². The fourth-order valence-corrected chi connectivity index (χ4v) is 14.9. The number of carbonyl (C=O) groups is 1. The van der Waals surface area contributed by atoms with Crippen molar-refractivity contribution in [2.45, 2.75) is 241 Å². The van der Waals surface area contributed by atoms with Crippen LogP contribution in [-0.2, 0) is 57.3 Å². The van der Waals surface area contributed by atoms with E-state index in [0.29, 0.717) is 32.1 Å². The van der Waals surface area contributed by atoms with Crippen molar-refractivity contribution >= 4 is 16.2 Å². The predicted octanol–water partition coefficient (Wildman–Crippen LogP) is -1.53. The van der Waals surface area contributed by atoms with Crippen LogP contribution in [0.5, 0.6) is 0 Å². The summed E-state index contributed by atoms with van der Waals surface area (Å²) in [6.07, 6.45) is -27.2. The summed E-state index contributed by atoms with van der Waals surface area (Å²) < 4.78 is 87.6. The number of hydrogen-bond acceptors (Lipinski definition) is 23. The molecule has 8 aliphatic rings. The van der Waals surface area contributed by atoms with Crippen LogP contribution in [0.25, 0.3) is 0 Å². The Morgan fingerprint density at radius 3 is 1.97 bits per heavy atom. The van der Waals surface area contributed by atoms with Gasteiger partial charge in [0.2, 0.25) is 0 Å². The number of ketones is 1. The summed E-state index contributed by atoms with van der Waals surface area (Å²) in [5.74, 6) is -0.638. The molecule has 0 bridgehead atoms. The van der Waals surface area contributed by atoms with Crippen LogP contribution in [0.15, 0.2) is 11.6 Å². The van der Waals surface area contributed by atoms with Crippen LogP contribution >= 0.6 is 0 Å².